The lowest BCUT2D eigenvalue weighted by Gasteiger charge is -2.06. The summed E-state index contributed by atoms with van der Waals surface area (Å²) in [6.07, 6.45) is 0. The molecule has 4 heteroatoms. The third-order valence-corrected chi connectivity index (χ3v) is 2.79. The summed E-state index contributed by atoms with van der Waals surface area (Å²) < 4.78 is 5.44. The summed E-state index contributed by atoms with van der Waals surface area (Å²) in [4.78, 5) is 4.17. The van der Waals surface area contributed by atoms with Crippen molar-refractivity contribution in [3.63, 3.8) is 0 Å². The molecule has 0 aliphatic carbocycles. The molecule has 0 aliphatic heterocycles. The third-order valence-electron chi connectivity index (χ3n) is 2.79. The Kier molecular flexibility index (Phi) is 1.92. The number of anilines is 1. The molecule has 0 unspecified atom stereocenters. The van der Waals surface area contributed by atoms with Crippen LogP contribution in [0.1, 0.15) is 5.69 Å². The molecule has 0 atom stereocenters. The van der Waals surface area contributed by atoms with Gasteiger partial charge in [0.25, 0.3) is 0 Å². The van der Waals surface area contributed by atoms with Gasteiger partial charge in [0.15, 0.2) is 0 Å². The molecule has 3 rings (SSSR count). The highest BCUT2D eigenvalue weighted by Gasteiger charge is 2.09. The molecule has 0 fully saturated rings. The quantitative estimate of drug-likeness (QED) is 0.576. The van der Waals surface area contributed by atoms with Gasteiger partial charge < -0.3 is 10.2 Å². The fourth-order valence-electron chi connectivity index (χ4n) is 2.09. The molecule has 2 heterocycles. The maximum absolute atomic E-state index is 7.87. The fourth-order valence-corrected chi connectivity index (χ4v) is 2.09. The molecule has 0 saturated carbocycles. The molecular formula is C13H11N3O. The number of fused-ring (bicyclic) bond motifs is 3. The Morgan fingerprint density at radius 1 is 1.24 bits per heavy atom. The van der Waals surface area contributed by atoms with Gasteiger partial charge in [-0.3, -0.25) is 5.41 Å². The van der Waals surface area contributed by atoms with Crippen molar-refractivity contribution in [1.29, 1.82) is 5.41 Å². The number of aromatic nitrogens is 1. The lowest BCUT2D eigenvalue weighted by Crippen LogP contribution is -2.06. The second-order valence-corrected chi connectivity index (χ2v) is 4.00. The summed E-state index contributed by atoms with van der Waals surface area (Å²) in [5.41, 5.74) is 7.45. The largest absolute Gasteiger partial charge is 0.438 e. The zero-order chi connectivity index (χ0) is 12.0. The van der Waals surface area contributed by atoms with Crippen LogP contribution in [0, 0.1) is 12.3 Å². The first-order valence-corrected chi connectivity index (χ1v) is 5.30. The summed E-state index contributed by atoms with van der Waals surface area (Å²) in [6, 6.07) is 9.56. The predicted molar refractivity (Wildman–Crippen MR) is 66.5 cm³/mol. The number of nitrogens with one attached hydrogen (secondary N) is 1. The molecule has 0 spiro atoms. The molecule has 4 nitrogen and oxygen atoms in total. The highest BCUT2D eigenvalue weighted by Crippen LogP contribution is 2.25. The first kappa shape index (κ1) is 9.84. The van der Waals surface area contributed by atoms with Crippen molar-refractivity contribution < 1.29 is 4.42 Å². The number of nitrogens with two attached hydrogens (primary N) is 1. The van der Waals surface area contributed by atoms with Crippen LogP contribution in [0.3, 0.4) is 0 Å². The topological polar surface area (TPSA) is 75.9 Å². The van der Waals surface area contributed by atoms with Crippen LogP contribution in [-0.4, -0.2) is 4.98 Å². The monoisotopic (exact) mass is 225 g/mol. The molecule has 3 N–H and O–H groups in total. The van der Waals surface area contributed by atoms with Crippen LogP contribution in [0.15, 0.2) is 34.7 Å². The molecule has 17 heavy (non-hydrogen) atoms. The van der Waals surface area contributed by atoms with E-state index in [-0.39, 0.29) is 5.55 Å². The Balaban J connectivity index is 2.70. The second-order valence-electron chi connectivity index (χ2n) is 4.00. The van der Waals surface area contributed by atoms with Crippen molar-refractivity contribution in [2.45, 2.75) is 6.92 Å². The summed E-state index contributed by atoms with van der Waals surface area (Å²) >= 11 is 0. The molecule has 3 aromatic rings. The van der Waals surface area contributed by atoms with Gasteiger partial charge >= 0.3 is 0 Å². The number of aryl methyl sites for hydroxylation is 1. The average Bonchev–Trinajstić information content (AvgIpc) is 2.28. The molecule has 2 aromatic heterocycles. The zero-order valence-electron chi connectivity index (χ0n) is 9.32. The van der Waals surface area contributed by atoms with E-state index < -0.39 is 0 Å². The molecule has 1 aromatic carbocycles. The summed E-state index contributed by atoms with van der Waals surface area (Å²) in [6.45, 7) is 1.89. The van der Waals surface area contributed by atoms with Gasteiger partial charge in [-0.1, -0.05) is 18.2 Å². The van der Waals surface area contributed by atoms with E-state index in [1.54, 1.807) is 0 Å². The minimum Gasteiger partial charge on any atom is -0.438 e. The van der Waals surface area contributed by atoms with Crippen LogP contribution in [0.4, 0.5) is 5.82 Å². The smallest absolute Gasteiger partial charge is 0.223 e. The van der Waals surface area contributed by atoms with Crippen LogP contribution < -0.4 is 11.3 Å². The highest BCUT2D eigenvalue weighted by molar-refractivity contribution is 6.07. The van der Waals surface area contributed by atoms with Gasteiger partial charge in [-0.05, 0) is 19.1 Å². The van der Waals surface area contributed by atoms with Gasteiger partial charge in [-0.25, -0.2) is 4.98 Å². The van der Waals surface area contributed by atoms with Crippen LogP contribution in [0.5, 0.6) is 0 Å². The fraction of sp³-hybridized carbons (Fsp3) is 0.0769. The highest BCUT2D eigenvalue weighted by atomic mass is 16.3. The predicted octanol–water partition coefficient (Wildman–Crippen LogP) is 2.35. The normalized spacial score (nSPS) is 11.1. The number of hydrogen-bond acceptors (Lipinski definition) is 4. The van der Waals surface area contributed by atoms with Crippen LogP contribution >= 0.6 is 0 Å². The summed E-state index contributed by atoms with van der Waals surface area (Å²) in [5.74, 6) is 0.347. The van der Waals surface area contributed by atoms with E-state index in [0.29, 0.717) is 16.8 Å². The molecule has 0 radical (unpaired) electrons. The maximum atomic E-state index is 7.87. The third kappa shape index (κ3) is 1.38. The van der Waals surface area contributed by atoms with Crippen molar-refractivity contribution >= 4 is 27.6 Å². The SMILES string of the molecule is Cc1cc2c(c(N)n1)c(=N)oc1ccccc12. The van der Waals surface area contributed by atoms with Gasteiger partial charge in [0.1, 0.15) is 11.4 Å². The first-order chi connectivity index (χ1) is 8.16. The Morgan fingerprint density at radius 3 is 2.82 bits per heavy atom. The lowest BCUT2D eigenvalue weighted by molar-refractivity contribution is 0.542. The summed E-state index contributed by atoms with van der Waals surface area (Å²) in [7, 11) is 0. The first-order valence-electron chi connectivity index (χ1n) is 5.30. The van der Waals surface area contributed by atoms with Crippen LogP contribution in [0.2, 0.25) is 0 Å². The Hall–Kier alpha value is -2.36. The number of nitrogen functional groups attached to an aromatic ring is 1. The minimum atomic E-state index is 0.0590. The van der Waals surface area contributed by atoms with E-state index in [1.807, 2.05) is 37.3 Å². The number of benzene rings is 1. The molecule has 84 valence electrons. The van der Waals surface area contributed by atoms with Crippen LogP contribution in [-0.2, 0) is 0 Å². The van der Waals surface area contributed by atoms with Crippen molar-refractivity contribution in [3.8, 4) is 0 Å². The van der Waals surface area contributed by atoms with E-state index in [2.05, 4.69) is 4.98 Å². The Labute approximate surface area is 97.2 Å². The van der Waals surface area contributed by atoms with Gasteiger partial charge in [0.05, 0.1) is 5.39 Å². The van der Waals surface area contributed by atoms with E-state index in [0.717, 1.165) is 16.5 Å². The molecule has 0 amide bonds. The lowest BCUT2D eigenvalue weighted by atomic mass is 10.1. The van der Waals surface area contributed by atoms with Crippen molar-refractivity contribution in [2.75, 3.05) is 5.73 Å². The molecular weight excluding hydrogens is 214 g/mol. The standard InChI is InChI=1S/C13H11N3O/c1-7-6-9-8-4-2-3-5-10(8)17-13(15)11(9)12(14)16-7/h2-6,15H,1H3,(H2,14,16). The van der Waals surface area contributed by atoms with E-state index in [9.17, 15) is 0 Å². The second kappa shape index (κ2) is 3.31. The van der Waals surface area contributed by atoms with Crippen LogP contribution in [0.25, 0.3) is 21.7 Å². The van der Waals surface area contributed by atoms with Gasteiger partial charge in [-0.15, -0.1) is 0 Å². The number of para-hydroxylation sites is 1. The molecule has 0 saturated heterocycles. The minimum absolute atomic E-state index is 0.0590. The Bertz CT molecular complexity index is 790. The van der Waals surface area contributed by atoms with Gasteiger partial charge in [0.2, 0.25) is 5.55 Å². The van der Waals surface area contributed by atoms with E-state index >= 15 is 0 Å². The van der Waals surface area contributed by atoms with Gasteiger partial charge in [-0.2, -0.15) is 0 Å². The van der Waals surface area contributed by atoms with Crippen molar-refractivity contribution in [2.24, 2.45) is 0 Å². The molecule has 0 bridgehead atoms. The van der Waals surface area contributed by atoms with Crippen molar-refractivity contribution in [1.82, 2.24) is 4.98 Å². The molecule has 0 aliphatic rings. The van der Waals surface area contributed by atoms with E-state index in [1.165, 1.54) is 0 Å². The Morgan fingerprint density at radius 2 is 2.00 bits per heavy atom. The van der Waals surface area contributed by atoms with E-state index in [4.69, 9.17) is 15.6 Å². The number of nitrogens with zero attached hydrogens (tertiary/aromatic N) is 1. The number of hydrogen-bond donors (Lipinski definition) is 2. The zero-order valence-corrected chi connectivity index (χ0v) is 9.32. The van der Waals surface area contributed by atoms with Gasteiger partial charge in [0, 0.05) is 16.5 Å². The number of pyridine rings is 1. The van der Waals surface area contributed by atoms with Crippen molar-refractivity contribution in [3.05, 3.63) is 41.6 Å². The average molecular weight is 225 g/mol. The maximum Gasteiger partial charge on any atom is 0.223 e. The number of rotatable bonds is 0. The summed E-state index contributed by atoms with van der Waals surface area (Å²) in [5, 5.41) is 10.3.